The van der Waals surface area contributed by atoms with Crippen LogP contribution in [-0.2, 0) is 6.54 Å². The first-order chi connectivity index (χ1) is 9.47. The maximum Gasteiger partial charge on any atom is 0.298 e. The van der Waals surface area contributed by atoms with Gasteiger partial charge in [-0.05, 0) is 13.0 Å². The van der Waals surface area contributed by atoms with Gasteiger partial charge in [0.1, 0.15) is 17.3 Å². The molecule has 0 bridgehead atoms. The largest absolute Gasteiger partial charge is 0.371 e. The number of hydrogen-bond donors (Lipinski definition) is 1. The Kier molecular flexibility index (Phi) is 3.83. The van der Waals surface area contributed by atoms with Crippen LogP contribution in [0.25, 0.3) is 0 Å². The average Bonchev–Trinajstić information content (AvgIpc) is 2.36. The van der Waals surface area contributed by atoms with E-state index in [0.717, 1.165) is 0 Å². The summed E-state index contributed by atoms with van der Waals surface area (Å²) < 4.78 is 26.6. The molecule has 0 amide bonds. The molecule has 0 aliphatic heterocycles. The maximum absolute atomic E-state index is 13.6. The molecule has 0 spiro atoms. The lowest BCUT2D eigenvalue weighted by molar-refractivity contribution is -0.384. The SMILES string of the molecule is Cc1nccc(CNc2c(F)cc(F)cc2[N+](=O)[O-])n1. The Morgan fingerprint density at radius 3 is 2.80 bits per heavy atom. The van der Waals surface area contributed by atoms with E-state index in [1.807, 2.05) is 0 Å². The summed E-state index contributed by atoms with van der Waals surface area (Å²) in [6.45, 7) is 1.75. The van der Waals surface area contributed by atoms with Crippen molar-refractivity contribution in [2.24, 2.45) is 0 Å². The summed E-state index contributed by atoms with van der Waals surface area (Å²) in [6, 6.07) is 2.84. The first kappa shape index (κ1) is 13.8. The topological polar surface area (TPSA) is 81.0 Å². The fourth-order valence-corrected chi connectivity index (χ4v) is 1.66. The fourth-order valence-electron chi connectivity index (χ4n) is 1.66. The van der Waals surface area contributed by atoms with E-state index in [-0.39, 0.29) is 12.2 Å². The van der Waals surface area contributed by atoms with Crippen LogP contribution in [0.3, 0.4) is 0 Å². The zero-order chi connectivity index (χ0) is 14.7. The molecule has 1 aromatic carbocycles. The number of aromatic nitrogens is 2. The van der Waals surface area contributed by atoms with Gasteiger partial charge in [0, 0.05) is 12.3 Å². The molecule has 0 saturated carbocycles. The molecule has 1 aromatic heterocycles. The molecule has 0 aliphatic carbocycles. The van der Waals surface area contributed by atoms with Crippen molar-refractivity contribution in [2.45, 2.75) is 13.5 Å². The predicted molar refractivity (Wildman–Crippen MR) is 67.1 cm³/mol. The lowest BCUT2D eigenvalue weighted by Gasteiger charge is -2.08. The van der Waals surface area contributed by atoms with Gasteiger partial charge in [-0.3, -0.25) is 10.1 Å². The van der Waals surface area contributed by atoms with E-state index >= 15 is 0 Å². The zero-order valence-corrected chi connectivity index (χ0v) is 10.4. The van der Waals surface area contributed by atoms with Gasteiger partial charge >= 0.3 is 0 Å². The van der Waals surface area contributed by atoms with Crippen LogP contribution in [0.5, 0.6) is 0 Å². The molecule has 1 N–H and O–H groups in total. The second kappa shape index (κ2) is 5.55. The van der Waals surface area contributed by atoms with Crippen molar-refractivity contribution in [3.8, 4) is 0 Å². The van der Waals surface area contributed by atoms with Gasteiger partial charge in [-0.25, -0.2) is 18.7 Å². The van der Waals surface area contributed by atoms with Crippen LogP contribution >= 0.6 is 0 Å². The van der Waals surface area contributed by atoms with Crippen LogP contribution in [0.1, 0.15) is 11.5 Å². The van der Waals surface area contributed by atoms with Gasteiger partial charge in [-0.1, -0.05) is 0 Å². The fraction of sp³-hybridized carbons (Fsp3) is 0.167. The van der Waals surface area contributed by atoms with Gasteiger partial charge in [-0.2, -0.15) is 0 Å². The number of anilines is 1. The smallest absolute Gasteiger partial charge is 0.298 e. The number of nitro benzene ring substituents is 1. The molecule has 1 heterocycles. The predicted octanol–water partition coefficient (Wildman–Crippen LogP) is 2.58. The molecule has 0 aliphatic rings. The highest BCUT2D eigenvalue weighted by atomic mass is 19.1. The number of benzene rings is 1. The third-order valence-corrected chi connectivity index (χ3v) is 2.51. The summed E-state index contributed by atoms with van der Waals surface area (Å²) in [7, 11) is 0. The Bertz CT molecular complexity index is 664. The standard InChI is InChI=1S/C12H10F2N4O2/c1-7-15-3-2-9(17-7)6-16-12-10(14)4-8(13)5-11(12)18(19)20/h2-5,16H,6H2,1H3. The maximum atomic E-state index is 13.6. The molecule has 0 saturated heterocycles. The minimum atomic E-state index is -1.03. The molecular formula is C12H10F2N4O2. The minimum Gasteiger partial charge on any atom is -0.371 e. The van der Waals surface area contributed by atoms with E-state index in [9.17, 15) is 18.9 Å². The second-order valence-electron chi connectivity index (χ2n) is 3.99. The van der Waals surface area contributed by atoms with Crippen molar-refractivity contribution in [3.05, 3.63) is 57.7 Å². The number of nitrogens with one attached hydrogen (secondary N) is 1. The number of hydrogen-bond acceptors (Lipinski definition) is 5. The van der Waals surface area contributed by atoms with Crippen LogP contribution in [0.4, 0.5) is 20.2 Å². The Balaban J connectivity index is 2.27. The van der Waals surface area contributed by atoms with Crippen LogP contribution in [0.2, 0.25) is 0 Å². The van der Waals surface area contributed by atoms with Gasteiger partial charge in [0.25, 0.3) is 5.69 Å². The quantitative estimate of drug-likeness (QED) is 0.687. The Morgan fingerprint density at radius 1 is 1.40 bits per heavy atom. The third kappa shape index (κ3) is 3.02. The van der Waals surface area contributed by atoms with Gasteiger partial charge in [0.05, 0.1) is 23.2 Å². The van der Waals surface area contributed by atoms with Crippen molar-refractivity contribution in [3.63, 3.8) is 0 Å². The number of rotatable bonds is 4. The number of nitro groups is 1. The molecule has 0 fully saturated rings. The molecule has 0 radical (unpaired) electrons. The molecule has 6 nitrogen and oxygen atoms in total. The Morgan fingerprint density at radius 2 is 2.15 bits per heavy atom. The van der Waals surface area contributed by atoms with E-state index in [1.54, 1.807) is 13.0 Å². The Labute approximate surface area is 112 Å². The first-order valence-electron chi connectivity index (χ1n) is 5.63. The molecule has 8 heteroatoms. The van der Waals surface area contributed by atoms with E-state index in [4.69, 9.17) is 0 Å². The van der Waals surface area contributed by atoms with E-state index in [2.05, 4.69) is 15.3 Å². The summed E-state index contributed by atoms with van der Waals surface area (Å²) in [5, 5.41) is 13.4. The van der Waals surface area contributed by atoms with Gasteiger partial charge in [0.15, 0.2) is 5.82 Å². The highest BCUT2D eigenvalue weighted by molar-refractivity contribution is 5.62. The summed E-state index contributed by atoms with van der Waals surface area (Å²) in [4.78, 5) is 17.9. The van der Waals surface area contributed by atoms with Crippen LogP contribution in [-0.4, -0.2) is 14.9 Å². The molecule has 2 aromatic rings. The Hall–Kier alpha value is -2.64. The molecule has 20 heavy (non-hydrogen) atoms. The summed E-state index contributed by atoms with van der Waals surface area (Å²) in [5.74, 6) is -1.50. The first-order valence-corrected chi connectivity index (χ1v) is 5.63. The lowest BCUT2D eigenvalue weighted by Crippen LogP contribution is -2.07. The zero-order valence-electron chi connectivity index (χ0n) is 10.4. The van der Waals surface area contributed by atoms with Crippen molar-refractivity contribution in [2.75, 3.05) is 5.32 Å². The number of halogens is 2. The summed E-state index contributed by atoms with van der Waals surface area (Å²) in [5.41, 5.74) is -0.489. The van der Waals surface area contributed by atoms with Crippen LogP contribution < -0.4 is 5.32 Å². The lowest BCUT2D eigenvalue weighted by atomic mass is 10.2. The minimum absolute atomic E-state index is 0.0623. The summed E-state index contributed by atoms with van der Waals surface area (Å²) in [6.07, 6.45) is 1.52. The molecular weight excluding hydrogens is 270 g/mol. The average molecular weight is 280 g/mol. The van der Waals surface area contributed by atoms with Gasteiger partial charge in [-0.15, -0.1) is 0 Å². The van der Waals surface area contributed by atoms with Gasteiger partial charge < -0.3 is 5.32 Å². The van der Waals surface area contributed by atoms with Crippen molar-refractivity contribution < 1.29 is 13.7 Å². The third-order valence-electron chi connectivity index (χ3n) is 2.51. The van der Waals surface area contributed by atoms with E-state index < -0.39 is 22.2 Å². The van der Waals surface area contributed by atoms with E-state index in [1.165, 1.54) is 6.20 Å². The van der Waals surface area contributed by atoms with Crippen LogP contribution in [0.15, 0.2) is 24.4 Å². The van der Waals surface area contributed by atoms with Gasteiger partial charge in [0.2, 0.25) is 0 Å². The number of aryl methyl sites for hydroxylation is 1. The number of nitrogens with zero attached hydrogens (tertiary/aromatic N) is 3. The summed E-state index contributed by atoms with van der Waals surface area (Å²) >= 11 is 0. The normalized spacial score (nSPS) is 10.3. The second-order valence-corrected chi connectivity index (χ2v) is 3.99. The highest BCUT2D eigenvalue weighted by Gasteiger charge is 2.20. The van der Waals surface area contributed by atoms with E-state index in [0.29, 0.717) is 23.7 Å². The molecule has 104 valence electrons. The molecule has 0 atom stereocenters. The molecule has 0 unspecified atom stereocenters. The van der Waals surface area contributed by atoms with Crippen molar-refractivity contribution >= 4 is 11.4 Å². The van der Waals surface area contributed by atoms with Crippen molar-refractivity contribution in [1.29, 1.82) is 0 Å². The molecule has 2 rings (SSSR count). The monoisotopic (exact) mass is 280 g/mol. The van der Waals surface area contributed by atoms with Crippen LogP contribution in [0, 0.1) is 28.7 Å². The highest BCUT2D eigenvalue weighted by Crippen LogP contribution is 2.28. The van der Waals surface area contributed by atoms with Crippen molar-refractivity contribution in [1.82, 2.24) is 9.97 Å².